The van der Waals surface area contributed by atoms with Crippen molar-refractivity contribution in [1.82, 2.24) is 0 Å². The number of carboxylic acid groups (broad SMARTS) is 1. The lowest BCUT2D eigenvalue weighted by atomic mass is 9.94. The van der Waals surface area contributed by atoms with E-state index >= 15 is 0 Å². The van der Waals surface area contributed by atoms with Crippen LogP contribution in [-0.4, -0.2) is 37.0 Å². The lowest BCUT2D eigenvalue weighted by Gasteiger charge is -2.24. The normalized spacial score (nSPS) is 23.5. The van der Waals surface area contributed by atoms with Gasteiger partial charge in [-0.3, -0.25) is 4.79 Å². The molecule has 0 radical (unpaired) electrons. The first-order valence-electron chi connectivity index (χ1n) is 4.11. The summed E-state index contributed by atoms with van der Waals surface area (Å²) in [5, 5.41) is 8.59. The number of sulfone groups is 1. The summed E-state index contributed by atoms with van der Waals surface area (Å²) in [6.07, 6.45) is 0.742. The van der Waals surface area contributed by atoms with Crippen LogP contribution in [0.25, 0.3) is 0 Å². The van der Waals surface area contributed by atoms with E-state index in [2.05, 4.69) is 0 Å². The van der Waals surface area contributed by atoms with Crippen LogP contribution in [0.5, 0.6) is 0 Å². The topological polar surface area (TPSA) is 97.5 Å². The number of carbonyl (C=O) groups is 1. The minimum absolute atomic E-state index is 0. The Labute approximate surface area is 89.0 Å². The highest BCUT2D eigenvalue weighted by Gasteiger charge is 2.30. The van der Waals surface area contributed by atoms with Gasteiger partial charge < -0.3 is 10.8 Å². The number of halogens is 1. The Balaban J connectivity index is 0.00000169. The molecule has 0 aromatic heterocycles. The number of carboxylic acids is 1. The van der Waals surface area contributed by atoms with Crippen molar-refractivity contribution in [3.8, 4) is 0 Å². The average Bonchev–Trinajstić information content (AvgIpc) is 2.03. The third-order valence-corrected chi connectivity index (χ3v) is 4.11. The summed E-state index contributed by atoms with van der Waals surface area (Å²) in [5.41, 5.74) is 5.39. The Morgan fingerprint density at radius 1 is 1.36 bits per heavy atom. The molecule has 5 nitrogen and oxygen atoms in total. The zero-order chi connectivity index (χ0) is 10.1. The molecule has 0 aliphatic carbocycles. The molecule has 1 heterocycles. The maximum Gasteiger partial charge on any atom is 0.320 e. The van der Waals surface area contributed by atoms with Gasteiger partial charge in [0.05, 0.1) is 11.5 Å². The fourth-order valence-corrected chi connectivity index (χ4v) is 3.00. The first-order valence-corrected chi connectivity index (χ1v) is 5.93. The van der Waals surface area contributed by atoms with Crippen molar-refractivity contribution >= 4 is 28.2 Å². The fraction of sp³-hybridized carbons (Fsp3) is 0.857. The van der Waals surface area contributed by atoms with Gasteiger partial charge in [-0.05, 0) is 18.8 Å². The zero-order valence-electron chi connectivity index (χ0n) is 7.55. The Kier molecular flexibility index (Phi) is 4.83. The largest absolute Gasteiger partial charge is 0.480 e. The molecule has 84 valence electrons. The third kappa shape index (κ3) is 3.43. The summed E-state index contributed by atoms with van der Waals surface area (Å²) in [5.74, 6) is -1.11. The highest BCUT2D eigenvalue weighted by atomic mass is 35.5. The lowest BCUT2D eigenvalue weighted by molar-refractivity contribution is -0.139. The highest BCUT2D eigenvalue weighted by Crippen LogP contribution is 2.21. The van der Waals surface area contributed by atoms with Crippen molar-refractivity contribution in [3.63, 3.8) is 0 Å². The molecule has 0 bridgehead atoms. The number of aliphatic carboxylic acids is 1. The van der Waals surface area contributed by atoms with Crippen LogP contribution in [0.1, 0.15) is 12.8 Å². The third-order valence-electron chi connectivity index (χ3n) is 2.39. The molecule has 1 aliphatic rings. The van der Waals surface area contributed by atoms with Gasteiger partial charge in [-0.15, -0.1) is 12.4 Å². The minimum Gasteiger partial charge on any atom is -0.480 e. The van der Waals surface area contributed by atoms with Crippen LogP contribution in [0.3, 0.4) is 0 Å². The van der Waals surface area contributed by atoms with Crippen LogP contribution in [0.4, 0.5) is 0 Å². The molecule has 14 heavy (non-hydrogen) atoms. The summed E-state index contributed by atoms with van der Waals surface area (Å²) in [6, 6.07) is -0.921. The van der Waals surface area contributed by atoms with Gasteiger partial charge in [0.15, 0.2) is 0 Å². The van der Waals surface area contributed by atoms with Crippen molar-refractivity contribution < 1.29 is 18.3 Å². The molecule has 1 aliphatic heterocycles. The second-order valence-corrected chi connectivity index (χ2v) is 5.66. The Bertz CT molecular complexity index is 289. The highest BCUT2D eigenvalue weighted by molar-refractivity contribution is 7.91. The lowest BCUT2D eigenvalue weighted by Crippen LogP contribution is -2.41. The maximum atomic E-state index is 11.0. The first-order chi connectivity index (χ1) is 5.92. The molecule has 1 saturated heterocycles. The molecule has 1 unspecified atom stereocenters. The van der Waals surface area contributed by atoms with E-state index in [-0.39, 0.29) is 29.8 Å². The molecule has 1 rings (SSSR count). The Morgan fingerprint density at radius 2 is 1.79 bits per heavy atom. The van der Waals surface area contributed by atoms with E-state index in [9.17, 15) is 13.2 Å². The van der Waals surface area contributed by atoms with Gasteiger partial charge >= 0.3 is 5.97 Å². The molecular formula is C7H14ClNO4S. The summed E-state index contributed by atoms with van der Waals surface area (Å²) in [6.45, 7) is 0. The molecule has 1 fully saturated rings. The second kappa shape index (κ2) is 4.95. The predicted molar refractivity (Wildman–Crippen MR) is 54.2 cm³/mol. The van der Waals surface area contributed by atoms with Crippen molar-refractivity contribution in [2.75, 3.05) is 11.5 Å². The fourth-order valence-electron chi connectivity index (χ4n) is 1.47. The molecule has 0 aromatic rings. The van der Waals surface area contributed by atoms with E-state index in [4.69, 9.17) is 10.8 Å². The van der Waals surface area contributed by atoms with Gasteiger partial charge in [-0.2, -0.15) is 0 Å². The second-order valence-electron chi connectivity index (χ2n) is 3.35. The Morgan fingerprint density at radius 3 is 2.14 bits per heavy atom. The van der Waals surface area contributed by atoms with Crippen LogP contribution in [0.2, 0.25) is 0 Å². The quantitative estimate of drug-likeness (QED) is 0.691. The molecule has 0 amide bonds. The van der Waals surface area contributed by atoms with Crippen molar-refractivity contribution in [2.45, 2.75) is 18.9 Å². The number of nitrogens with two attached hydrogens (primary N) is 1. The number of rotatable bonds is 2. The monoisotopic (exact) mass is 243 g/mol. The van der Waals surface area contributed by atoms with E-state index in [0.717, 1.165) is 0 Å². The Hall–Kier alpha value is -0.330. The van der Waals surface area contributed by atoms with Gasteiger partial charge in [0, 0.05) is 0 Å². The molecule has 0 aromatic carbocycles. The SMILES string of the molecule is Cl.NC(C(=O)O)C1CCS(=O)(=O)CC1. The smallest absolute Gasteiger partial charge is 0.320 e. The van der Waals surface area contributed by atoms with E-state index in [1.54, 1.807) is 0 Å². The van der Waals surface area contributed by atoms with E-state index in [1.807, 2.05) is 0 Å². The van der Waals surface area contributed by atoms with Crippen LogP contribution in [0.15, 0.2) is 0 Å². The average molecular weight is 244 g/mol. The summed E-state index contributed by atoms with van der Waals surface area (Å²) >= 11 is 0. The first kappa shape index (κ1) is 13.7. The van der Waals surface area contributed by atoms with Crippen LogP contribution in [-0.2, 0) is 14.6 Å². The molecule has 0 saturated carbocycles. The predicted octanol–water partition coefficient (Wildman–Crippen LogP) is -0.355. The molecule has 0 spiro atoms. The molecule has 3 N–H and O–H groups in total. The van der Waals surface area contributed by atoms with Crippen LogP contribution < -0.4 is 5.73 Å². The number of hydrogen-bond donors (Lipinski definition) is 2. The summed E-state index contributed by atoms with van der Waals surface area (Å²) in [4.78, 5) is 10.5. The van der Waals surface area contributed by atoms with Gasteiger partial charge in [0.25, 0.3) is 0 Å². The van der Waals surface area contributed by atoms with Gasteiger partial charge in [0.2, 0.25) is 0 Å². The van der Waals surface area contributed by atoms with Crippen molar-refractivity contribution in [2.24, 2.45) is 11.7 Å². The molecule has 7 heteroatoms. The van der Waals surface area contributed by atoms with Crippen molar-refractivity contribution in [1.29, 1.82) is 0 Å². The maximum absolute atomic E-state index is 11.0. The molecule has 1 atom stereocenters. The minimum atomic E-state index is -2.92. The number of hydrogen-bond acceptors (Lipinski definition) is 4. The molecular weight excluding hydrogens is 230 g/mol. The van der Waals surface area contributed by atoms with E-state index in [1.165, 1.54) is 0 Å². The summed E-state index contributed by atoms with van der Waals surface area (Å²) in [7, 11) is -2.92. The zero-order valence-corrected chi connectivity index (χ0v) is 9.18. The van der Waals surface area contributed by atoms with Crippen LogP contribution in [0, 0.1) is 5.92 Å². The van der Waals surface area contributed by atoms with Crippen molar-refractivity contribution in [3.05, 3.63) is 0 Å². The van der Waals surface area contributed by atoms with E-state index in [0.29, 0.717) is 12.8 Å². The van der Waals surface area contributed by atoms with Gasteiger partial charge in [-0.1, -0.05) is 0 Å². The van der Waals surface area contributed by atoms with Gasteiger partial charge in [-0.25, -0.2) is 8.42 Å². The van der Waals surface area contributed by atoms with Gasteiger partial charge in [0.1, 0.15) is 15.9 Å². The van der Waals surface area contributed by atoms with Crippen LogP contribution >= 0.6 is 12.4 Å². The summed E-state index contributed by atoms with van der Waals surface area (Å²) < 4.78 is 22.0. The van der Waals surface area contributed by atoms with E-state index < -0.39 is 21.8 Å². The standard InChI is InChI=1S/C7H13NO4S.ClH/c8-6(7(9)10)5-1-3-13(11,12)4-2-5;/h5-6H,1-4,8H2,(H,9,10);1H.